The summed E-state index contributed by atoms with van der Waals surface area (Å²) in [7, 11) is 2.79. The maximum absolute atomic E-state index is 13.0. The Bertz CT molecular complexity index is 1080. The van der Waals surface area contributed by atoms with Crippen LogP contribution in [0.1, 0.15) is 10.4 Å². The molecule has 1 heterocycles. The van der Waals surface area contributed by atoms with Crippen molar-refractivity contribution >= 4 is 22.4 Å². The first kappa shape index (κ1) is 23.2. The van der Waals surface area contributed by atoms with E-state index < -0.39 is 23.9 Å². The van der Waals surface area contributed by atoms with Crippen molar-refractivity contribution in [3.05, 3.63) is 48.0 Å². The average Bonchev–Trinajstić information content (AvgIpc) is 3.20. The van der Waals surface area contributed by atoms with Crippen LogP contribution in [0, 0.1) is 0 Å². The van der Waals surface area contributed by atoms with Gasteiger partial charge in [-0.2, -0.15) is 22.0 Å². The third-order valence-corrected chi connectivity index (χ3v) is 4.87. The van der Waals surface area contributed by atoms with Crippen molar-refractivity contribution in [1.82, 2.24) is 10.2 Å². The molecule has 0 fully saturated rings. The van der Waals surface area contributed by atoms with Crippen LogP contribution in [0.3, 0.4) is 0 Å². The highest BCUT2D eigenvalue weighted by Crippen LogP contribution is 2.38. The second-order valence-corrected chi connectivity index (χ2v) is 7.02. The number of aromatic nitrogens is 2. The Labute approximate surface area is 181 Å². The standard InChI is InChI=1S/C19H14F5N3O4S/c1-29-12-4-3-5-13(30-2)14(12)15(28)25-17-27-26-16(32-17)10-6-8-11(9-7-10)31-19(23,24)18(20,21)22/h3-9H,1-2H3,(H,25,27,28). The maximum Gasteiger partial charge on any atom is 0.499 e. The summed E-state index contributed by atoms with van der Waals surface area (Å²) in [6.45, 7) is 0. The minimum Gasteiger partial charge on any atom is -0.496 e. The molecule has 0 spiro atoms. The second-order valence-electron chi connectivity index (χ2n) is 6.04. The second kappa shape index (κ2) is 8.94. The molecule has 1 N–H and O–H groups in total. The molecule has 32 heavy (non-hydrogen) atoms. The highest BCUT2D eigenvalue weighted by Gasteiger charge is 2.61. The predicted molar refractivity (Wildman–Crippen MR) is 104 cm³/mol. The van der Waals surface area contributed by atoms with Crippen LogP contribution in [0.15, 0.2) is 42.5 Å². The molecule has 0 unspecified atom stereocenters. The molecule has 13 heteroatoms. The van der Waals surface area contributed by atoms with Crippen LogP contribution in [0.5, 0.6) is 17.2 Å². The fourth-order valence-electron chi connectivity index (χ4n) is 2.50. The Morgan fingerprint density at radius 2 is 1.53 bits per heavy atom. The molecule has 0 radical (unpaired) electrons. The van der Waals surface area contributed by atoms with Crippen LogP contribution in [-0.2, 0) is 0 Å². The molecule has 1 amide bonds. The zero-order valence-corrected chi connectivity index (χ0v) is 17.2. The van der Waals surface area contributed by atoms with Gasteiger partial charge in [-0.3, -0.25) is 10.1 Å². The monoisotopic (exact) mass is 475 g/mol. The van der Waals surface area contributed by atoms with E-state index >= 15 is 0 Å². The van der Waals surface area contributed by atoms with E-state index in [0.29, 0.717) is 5.56 Å². The number of amides is 1. The normalized spacial score (nSPS) is 11.7. The summed E-state index contributed by atoms with van der Waals surface area (Å²) in [6.07, 6.45) is -11.2. The van der Waals surface area contributed by atoms with Crippen LogP contribution in [0.4, 0.5) is 27.1 Å². The van der Waals surface area contributed by atoms with Crippen molar-refractivity contribution in [2.24, 2.45) is 0 Å². The molecule has 0 atom stereocenters. The number of hydrogen-bond donors (Lipinski definition) is 1. The maximum atomic E-state index is 13.0. The van der Waals surface area contributed by atoms with Crippen LogP contribution in [0.25, 0.3) is 10.6 Å². The third kappa shape index (κ3) is 4.88. The number of rotatable bonds is 7. The summed E-state index contributed by atoms with van der Waals surface area (Å²) in [5, 5.41) is 10.7. The Morgan fingerprint density at radius 1 is 0.938 bits per heavy atom. The predicted octanol–water partition coefficient (Wildman–Crippen LogP) is 5.01. The molecule has 1 aromatic heterocycles. The van der Waals surface area contributed by atoms with Crippen molar-refractivity contribution in [2.45, 2.75) is 12.3 Å². The van der Waals surface area contributed by atoms with E-state index in [1.54, 1.807) is 18.2 Å². The topological polar surface area (TPSA) is 82.6 Å². The van der Waals surface area contributed by atoms with Gasteiger partial charge in [-0.15, -0.1) is 10.2 Å². The van der Waals surface area contributed by atoms with Crippen molar-refractivity contribution in [3.63, 3.8) is 0 Å². The van der Waals surface area contributed by atoms with Gasteiger partial charge in [0, 0.05) is 5.56 Å². The number of anilines is 1. The molecule has 3 rings (SSSR count). The van der Waals surface area contributed by atoms with Gasteiger partial charge in [-0.25, -0.2) is 0 Å². The fourth-order valence-corrected chi connectivity index (χ4v) is 3.24. The summed E-state index contributed by atoms with van der Waals surface area (Å²) in [4.78, 5) is 12.7. The zero-order chi connectivity index (χ0) is 23.5. The van der Waals surface area contributed by atoms with Gasteiger partial charge in [0.2, 0.25) is 5.13 Å². The molecule has 0 aliphatic carbocycles. The van der Waals surface area contributed by atoms with Crippen LogP contribution in [0.2, 0.25) is 0 Å². The highest BCUT2D eigenvalue weighted by atomic mass is 32.1. The zero-order valence-electron chi connectivity index (χ0n) is 16.4. The van der Waals surface area contributed by atoms with Gasteiger partial charge in [-0.1, -0.05) is 17.4 Å². The molecule has 2 aromatic carbocycles. The number of methoxy groups -OCH3 is 2. The molecule has 7 nitrogen and oxygen atoms in total. The number of nitrogens with one attached hydrogen (secondary N) is 1. The van der Waals surface area contributed by atoms with Crippen molar-refractivity contribution in [2.75, 3.05) is 19.5 Å². The first-order valence-corrected chi connectivity index (χ1v) is 9.47. The lowest BCUT2D eigenvalue weighted by molar-refractivity contribution is -0.360. The third-order valence-electron chi connectivity index (χ3n) is 3.98. The van der Waals surface area contributed by atoms with E-state index in [1.807, 2.05) is 0 Å². The summed E-state index contributed by atoms with van der Waals surface area (Å²) < 4.78 is 76.8. The van der Waals surface area contributed by atoms with Crippen LogP contribution >= 0.6 is 11.3 Å². The first-order valence-electron chi connectivity index (χ1n) is 8.65. The average molecular weight is 475 g/mol. The van der Waals surface area contributed by atoms with Gasteiger partial charge in [0.05, 0.1) is 14.2 Å². The lowest BCUT2D eigenvalue weighted by Gasteiger charge is -2.20. The number of halogens is 5. The number of benzene rings is 2. The first-order chi connectivity index (χ1) is 15.1. The van der Waals surface area contributed by atoms with E-state index in [4.69, 9.17) is 9.47 Å². The van der Waals surface area contributed by atoms with Gasteiger partial charge in [0.15, 0.2) is 0 Å². The molecular weight excluding hydrogens is 461 g/mol. The molecule has 3 aromatic rings. The summed E-state index contributed by atoms with van der Waals surface area (Å²) in [6, 6.07) is 9.15. The SMILES string of the molecule is COc1cccc(OC)c1C(=O)Nc1nnc(-c2ccc(OC(F)(F)C(F)(F)F)cc2)s1. The highest BCUT2D eigenvalue weighted by molar-refractivity contribution is 7.18. The smallest absolute Gasteiger partial charge is 0.496 e. The van der Waals surface area contributed by atoms with Crippen molar-refractivity contribution in [3.8, 4) is 27.8 Å². The summed E-state index contributed by atoms with van der Waals surface area (Å²) >= 11 is 0.954. The summed E-state index contributed by atoms with van der Waals surface area (Å²) in [5.41, 5.74) is 0.502. The molecule has 0 saturated heterocycles. The number of carbonyl (C=O) groups excluding carboxylic acids is 1. The van der Waals surface area contributed by atoms with Crippen molar-refractivity contribution in [1.29, 1.82) is 0 Å². The number of alkyl halides is 5. The van der Waals surface area contributed by atoms with Gasteiger partial charge in [-0.05, 0) is 36.4 Å². The van der Waals surface area contributed by atoms with E-state index in [0.717, 1.165) is 23.5 Å². The van der Waals surface area contributed by atoms with E-state index in [2.05, 4.69) is 20.3 Å². The summed E-state index contributed by atoms with van der Waals surface area (Å²) in [5.74, 6) is -0.701. The van der Waals surface area contributed by atoms with Gasteiger partial charge in [0.25, 0.3) is 5.91 Å². The largest absolute Gasteiger partial charge is 0.499 e. The van der Waals surface area contributed by atoms with Crippen LogP contribution < -0.4 is 19.5 Å². The number of hydrogen-bond acceptors (Lipinski definition) is 7. The Kier molecular flexibility index (Phi) is 6.48. The van der Waals surface area contributed by atoms with Gasteiger partial charge < -0.3 is 14.2 Å². The molecule has 0 aliphatic rings. The lowest BCUT2D eigenvalue weighted by Crippen LogP contribution is -2.41. The van der Waals surface area contributed by atoms with Crippen molar-refractivity contribution < 1.29 is 41.0 Å². The minimum atomic E-state index is -5.85. The number of nitrogens with zero attached hydrogens (tertiary/aromatic N) is 2. The Balaban J connectivity index is 1.75. The van der Waals surface area contributed by atoms with E-state index in [-0.39, 0.29) is 27.2 Å². The van der Waals surface area contributed by atoms with Crippen LogP contribution in [-0.4, -0.2) is 42.6 Å². The van der Waals surface area contributed by atoms with E-state index in [1.165, 1.54) is 26.4 Å². The molecule has 0 saturated carbocycles. The number of carbonyl (C=O) groups is 1. The minimum absolute atomic E-state index is 0.113. The fraction of sp³-hybridized carbons (Fsp3) is 0.211. The molecule has 170 valence electrons. The quantitative estimate of drug-likeness (QED) is 0.484. The number of ether oxygens (including phenoxy) is 3. The molecular formula is C19H14F5N3O4S. The lowest BCUT2D eigenvalue weighted by atomic mass is 10.1. The molecule has 0 bridgehead atoms. The molecule has 0 aliphatic heterocycles. The van der Waals surface area contributed by atoms with Gasteiger partial charge >= 0.3 is 12.3 Å². The van der Waals surface area contributed by atoms with E-state index in [9.17, 15) is 26.7 Å². The Morgan fingerprint density at radius 3 is 2.06 bits per heavy atom. The Hall–Kier alpha value is -3.48. The van der Waals surface area contributed by atoms with Gasteiger partial charge in [0.1, 0.15) is 27.8 Å².